The van der Waals surface area contributed by atoms with Gasteiger partial charge in [0.05, 0.1) is 18.1 Å². The van der Waals surface area contributed by atoms with Crippen LogP contribution in [-0.2, 0) is 4.79 Å². The zero-order valence-electron chi connectivity index (χ0n) is 13.8. The van der Waals surface area contributed by atoms with Crippen molar-refractivity contribution in [3.05, 3.63) is 0 Å². The van der Waals surface area contributed by atoms with Gasteiger partial charge in [0.1, 0.15) is 0 Å². The summed E-state index contributed by atoms with van der Waals surface area (Å²) in [7, 11) is 0. The van der Waals surface area contributed by atoms with Crippen molar-refractivity contribution < 1.29 is 28.2 Å². The van der Waals surface area contributed by atoms with E-state index in [9.17, 15) is 28.2 Å². The van der Waals surface area contributed by atoms with E-state index < -0.39 is 29.8 Å². The molecule has 0 aromatic rings. The minimum atomic E-state index is -4.17. The quantitative estimate of drug-likeness (QED) is 0.765. The van der Waals surface area contributed by atoms with Crippen LogP contribution in [0.2, 0.25) is 0 Å². The summed E-state index contributed by atoms with van der Waals surface area (Å²) in [5, 5.41) is 20.0. The Hall–Kier alpha value is -0.820. The summed E-state index contributed by atoms with van der Waals surface area (Å²) in [5.74, 6) is -1.80. The van der Waals surface area contributed by atoms with E-state index in [0.29, 0.717) is 6.42 Å². The van der Waals surface area contributed by atoms with Crippen LogP contribution in [0.4, 0.5) is 13.2 Å². The van der Waals surface area contributed by atoms with Gasteiger partial charge in [-0.15, -0.1) is 0 Å². The van der Waals surface area contributed by atoms with Crippen LogP contribution in [-0.4, -0.2) is 51.5 Å². The second kappa shape index (κ2) is 6.48. The molecule has 2 atom stereocenters. The summed E-state index contributed by atoms with van der Waals surface area (Å²) in [5.41, 5.74) is -0.406. The third-order valence-corrected chi connectivity index (χ3v) is 6.32. The average molecular weight is 349 g/mol. The van der Waals surface area contributed by atoms with Crippen molar-refractivity contribution in [2.45, 2.75) is 81.7 Å². The molecule has 1 aliphatic heterocycles. The molecule has 1 heterocycles. The Bertz CT molecular complexity index is 468. The van der Waals surface area contributed by atoms with Crippen LogP contribution in [0, 0.1) is 11.8 Å². The molecule has 0 unspecified atom stereocenters. The molecule has 2 saturated carbocycles. The molecule has 138 valence electrons. The van der Waals surface area contributed by atoms with Gasteiger partial charge in [0.2, 0.25) is 5.91 Å². The maximum atomic E-state index is 13.0. The molecule has 0 bridgehead atoms. The molecule has 1 spiro atoms. The highest BCUT2D eigenvalue weighted by Crippen LogP contribution is 2.45. The summed E-state index contributed by atoms with van der Waals surface area (Å²) in [6.07, 6.45) is -1.49. The smallest absolute Gasteiger partial charge is 0.390 e. The van der Waals surface area contributed by atoms with Gasteiger partial charge in [-0.05, 0) is 44.9 Å². The molecule has 0 radical (unpaired) electrons. The minimum absolute atomic E-state index is 0.00588. The van der Waals surface area contributed by atoms with Crippen LogP contribution in [0.5, 0.6) is 0 Å². The van der Waals surface area contributed by atoms with Gasteiger partial charge < -0.3 is 15.1 Å². The first kappa shape index (κ1) is 18.0. The summed E-state index contributed by atoms with van der Waals surface area (Å²) < 4.78 is 38.4. The zero-order chi connectivity index (χ0) is 17.5. The number of β-amino-alcohol motifs (C(OH)–C–C–N with tert-alkyl or cyclic N) is 1. The normalized spacial score (nSPS) is 37.0. The molecule has 3 fully saturated rings. The molecular formula is C17H26F3NO3. The number of halogens is 3. The first-order chi connectivity index (χ1) is 11.2. The Balaban J connectivity index is 1.69. The van der Waals surface area contributed by atoms with E-state index in [1.807, 2.05) is 0 Å². The highest BCUT2D eigenvalue weighted by Gasteiger charge is 2.51. The lowest BCUT2D eigenvalue weighted by Gasteiger charge is -2.50. The van der Waals surface area contributed by atoms with Crippen molar-refractivity contribution in [2.24, 2.45) is 11.8 Å². The van der Waals surface area contributed by atoms with Gasteiger partial charge >= 0.3 is 6.18 Å². The zero-order valence-corrected chi connectivity index (χ0v) is 13.8. The number of carbonyl (C=O) groups is 1. The van der Waals surface area contributed by atoms with Crippen molar-refractivity contribution in [2.75, 3.05) is 6.54 Å². The standard InChI is InChI=1S/C17H26F3NO3/c18-17(19,20)12-5-3-11(4-6-12)15(24)21-10-14(23)13(22)9-16(21)7-1-2-8-16/h11-14,22-23H,1-10H2/t11?,12?,13-,14+/m0/s1. The molecule has 1 saturated heterocycles. The molecule has 0 aromatic carbocycles. The van der Waals surface area contributed by atoms with Gasteiger partial charge in [0, 0.05) is 18.0 Å². The Morgan fingerprint density at radius 1 is 1.00 bits per heavy atom. The number of carbonyl (C=O) groups excluding carboxylic acids is 1. The Morgan fingerprint density at radius 3 is 2.12 bits per heavy atom. The van der Waals surface area contributed by atoms with Crippen molar-refractivity contribution in [3.8, 4) is 0 Å². The lowest BCUT2D eigenvalue weighted by Crippen LogP contribution is -2.62. The van der Waals surface area contributed by atoms with Crippen LogP contribution in [0.25, 0.3) is 0 Å². The van der Waals surface area contributed by atoms with Crippen LogP contribution in [0.3, 0.4) is 0 Å². The number of aliphatic hydroxyl groups is 2. The Kier molecular flexibility index (Phi) is 4.86. The van der Waals surface area contributed by atoms with E-state index in [-0.39, 0.29) is 44.1 Å². The molecule has 3 aliphatic rings. The highest BCUT2D eigenvalue weighted by molar-refractivity contribution is 5.80. The molecule has 7 heteroatoms. The number of alkyl halides is 3. The van der Waals surface area contributed by atoms with Crippen LogP contribution >= 0.6 is 0 Å². The monoisotopic (exact) mass is 349 g/mol. The number of rotatable bonds is 1. The number of likely N-dealkylation sites (tertiary alicyclic amines) is 1. The molecule has 2 aliphatic carbocycles. The largest absolute Gasteiger partial charge is 0.391 e. The third-order valence-electron chi connectivity index (χ3n) is 6.32. The number of hydrogen-bond acceptors (Lipinski definition) is 3. The topological polar surface area (TPSA) is 60.8 Å². The fourth-order valence-corrected chi connectivity index (χ4v) is 4.86. The van der Waals surface area contributed by atoms with Crippen molar-refractivity contribution in [1.29, 1.82) is 0 Å². The number of piperidine rings is 1. The second-order valence-electron chi connectivity index (χ2n) is 7.81. The minimum Gasteiger partial charge on any atom is -0.390 e. The van der Waals surface area contributed by atoms with E-state index in [1.165, 1.54) is 0 Å². The van der Waals surface area contributed by atoms with Crippen LogP contribution in [0.15, 0.2) is 0 Å². The molecule has 3 rings (SSSR count). The fourth-order valence-electron chi connectivity index (χ4n) is 4.86. The van der Waals surface area contributed by atoms with Gasteiger partial charge in [0.15, 0.2) is 0 Å². The van der Waals surface area contributed by atoms with E-state index >= 15 is 0 Å². The number of amides is 1. The van der Waals surface area contributed by atoms with E-state index in [2.05, 4.69) is 0 Å². The second-order valence-corrected chi connectivity index (χ2v) is 7.81. The Labute approximate surface area is 140 Å². The number of nitrogens with zero attached hydrogens (tertiary/aromatic N) is 1. The van der Waals surface area contributed by atoms with E-state index in [0.717, 1.165) is 25.7 Å². The SMILES string of the molecule is O=C(C1CCC(C(F)(F)F)CC1)N1C[C@@H](O)[C@@H](O)CC12CCCC2. The van der Waals surface area contributed by atoms with Crippen LogP contribution in [0.1, 0.15) is 57.8 Å². The first-order valence-electron chi connectivity index (χ1n) is 8.97. The maximum Gasteiger partial charge on any atom is 0.391 e. The van der Waals surface area contributed by atoms with E-state index in [4.69, 9.17) is 0 Å². The highest BCUT2D eigenvalue weighted by atomic mass is 19.4. The molecule has 1 amide bonds. The summed E-state index contributed by atoms with van der Waals surface area (Å²) in [6, 6.07) is 0. The van der Waals surface area contributed by atoms with E-state index in [1.54, 1.807) is 4.90 Å². The lowest BCUT2D eigenvalue weighted by atomic mass is 9.77. The summed E-state index contributed by atoms with van der Waals surface area (Å²) >= 11 is 0. The fraction of sp³-hybridized carbons (Fsp3) is 0.941. The van der Waals surface area contributed by atoms with Crippen molar-refractivity contribution in [3.63, 3.8) is 0 Å². The molecular weight excluding hydrogens is 323 g/mol. The number of aliphatic hydroxyl groups excluding tert-OH is 2. The van der Waals surface area contributed by atoms with Crippen molar-refractivity contribution >= 4 is 5.91 Å². The summed E-state index contributed by atoms with van der Waals surface area (Å²) in [6.45, 7) is 0.0964. The first-order valence-corrected chi connectivity index (χ1v) is 8.97. The van der Waals surface area contributed by atoms with Gasteiger partial charge in [-0.3, -0.25) is 4.79 Å². The maximum absolute atomic E-state index is 13.0. The molecule has 4 nitrogen and oxygen atoms in total. The average Bonchev–Trinajstić information content (AvgIpc) is 2.98. The predicted molar refractivity (Wildman–Crippen MR) is 81.0 cm³/mol. The van der Waals surface area contributed by atoms with Gasteiger partial charge in [-0.1, -0.05) is 12.8 Å². The predicted octanol–water partition coefficient (Wildman–Crippen LogP) is 2.62. The van der Waals surface area contributed by atoms with Gasteiger partial charge in [0.25, 0.3) is 0 Å². The Morgan fingerprint density at radius 2 is 1.58 bits per heavy atom. The van der Waals surface area contributed by atoms with Gasteiger partial charge in [-0.2, -0.15) is 13.2 Å². The lowest BCUT2D eigenvalue weighted by molar-refractivity contribution is -0.187. The van der Waals surface area contributed by atoms with Crippen molar-refractivity contribution in [1.82, 2.24) is 4.90 Å². The molecule has 2 N–H and O–H groups in total. The van der Waals surface area contributed by atoms with Gasteiger partial charge in [-0.25, -0.2) is 0 Å². The third kappa shape index (κ3) is 3.29. The molecule has 24 heavy (non-hydrogen) atoms. The van der Waals surface area contributed by atoms with Crippen LogP contribution < -0.4 is 0 Å². The summed E-state index contributed by atoms with van der Waals surface area (Å²) in [4.78, 5) is 14.7. The molecule has 0 aromatic heterocycles. The number of hydrogen-bond donors (Lipinski definition) is 2.